The van der Waals surface area contributed by atoms with Crippen molar-refractivity contribution < 1.29 is 19.1 Å². The van der Waals surface area contributed by atoms with Gasteiger partial charge in [-0.05, 0) is 19.9 Å². The molecular weight excluding hydrogens is 236 g/mol. The minimum Gasteiger partial charge on any atom is -0.500 e. The molecule has 1 rings (SSSR count). The van der Waals surface area contributed by atoms with Crippen LogP contribution in [0.3, 0.4) is 0 Å². The van der Waals surface area contributed by atoms with Crippen LogP contribution in [0.4, 0.5) is 0 Å². The third-order valence-corrected chi connectivity index (χ3v) is 2.16. The van der Waals surface area contributed by atoms with Crippen LogP contribution < -0.4 is 0 Å². The monoisotopic (exact) mass is 252 g/mol. The zero-order valence-corrected chi connectivity index (χ0v) is 10.7. The topological polar surface area (TPSA) is 70.4 Å². The number of aryl methyl sites for hydroxylation is 1. The maximum Gasteiger partial charge on any atom is 0.345 e. The van der Waals surface area contributed by atoms with Crippen molar-refractivity contribution in [3.05, 3.63) is 29.8 Å². The number of nitrogens with zero attached hydrogens (tertiary/aromatic N) is 2. The van der Waals surface area contributed by atoms with Crippen molar-refractivity contribution >= 4 is 11.8 Å². The fourth-order valence-corrected chi connectivity index (χ4v) is 1.30. The van der Waals surface area contributed by atoms with Gasteiger partial charge in [0.15, 0.2) is 0 Å². The number of hydrogen-bond donors (Lipinski definition) is 0. The Labute approximate surface area is 105 Å². The van der Waals surface area contributed by atoms with Crippen LogP contribution in [0, 0.1) is 0 Å². The molecule has 0 aliphatic heterocycles. The van der Waals surface area contributed by atoms with Gasteiger partial charge < -0.3 is 9.47 Å². The molecule has 6 nitrogen and oxygen atoms in total. The van der Waals surface area contributed by atoms with E-state index in [-0.39, 0.29) is 12.2 Å². The summed E-state index contributed by atoms with van der Waals surface area (Å²) in [6.45, 7) is 3.99. The van der Waals surface area contributed by atoms with Crippen LogP contribution in [0.1, 0.15) is 24.3 Å². The fraction of sp³-hybridized carbons (Fsp3) is 0.417. The van der Waals surface area contributed by atoms with Gasteiger partial charge in [-0.1, -0.05) is 0 Å². The van der Waals surface area contributed by atoms with Crippen molar-refractivity contribution in [2.24, 2.45) is 7.05 Å². The van der Waals surface area contributed by atoms with Gasteiger partial charge in [-0.15, -0.1) is 0 Å². The van der Waals surface area contributed by atoms with Crippen molar-refractivity contribution in [2.75, 3.05) is 13.2 Å². The summed E-state index contributed by atoms with van der Waals surface area (Å²) in [6, 6.07) is 1.53. The summed E-state index contributed by atoms with van der Waals surface area (Å²) in [4.78, 5) is 23.8. The zero-order chi connectivity index (χ0) is 13.5. The van der Waals surface area contributed by atoms with Crippen LogP contribution in [-0.2, 0) is 21.3 Å². The highest BCUT2D eigenvalue weighted by molar-refractivity contribution is 6.23. The summed E-state index contributed by atoms with van der Waals surface area (Å²) in [7, 11) is 1.62. The molecule has 0 fully saturated rings. The molecule has 0 aliphatic carbocycles. The van der Waals surface area contributed by atoms with Gasteiger partial charge in [-0.3, -0.25) is 9.48 Å². The van der Waals surface area contributed by atoms with Crippen LogP contribution in [0.5, 0.6) is 0 Å². The van der Waals surface area contributed by atoms with Crippen LogP contribution in [0.2, 0.25) is 0 Å². The fourth-order valence-electron chi connectivity index (χ4n) is 1.30. The lowest BCUT2D eigenvalue weighted by Crippen LogP contribution is -2.19. The molecule has 98 valence electrons. The Hall–Kier alpha value is -2.11. The van der Waals surface area contributed by atoms with Gasteiger partial charge >= 0.3 is 5.97 Å². The molecule has 1 aromatic rings. The van der Waals surface area contributed by atoms with E-state index in [1.807, 2.05) is 0 Å². The summed E-state index contributed by atoms with van der Waals surface area (Å²) in [5.41, 5.74) is 0.163. The van der Waals surface area contributed by atoms with Crippen LogP contribution in [-0.4, -0.2) is 34.7 Å². The van der Waals surface area contributed by atoms with Gasteiger partial charge in [0.25, 0.3) is 0 Å². The molecular formula is C12H16N2O4. The Morgan fingerprint density at radius 2 is 2.11 bits per heavy atom. The molecule has 0 radical (unpaired) electrons. The SMILES string of the molecule is CCO/C=C(\C(=O)OCC)C(=O)c1ccnn1C. The van der Waals surface area contributed by atoms with Gasteiger partial charge in [0.1, 0.15) is 17.5 Å². The molecule has 0 unspecified atom stereocenters. The van der Waals surface area contributed by atoms with Gasteiger partial charge in [0, 0.05) is 13.2 Å². The van der Waals surface area contributed by atoms with E-state index in [0.717, 1.165) is 6.26 Å². The molecule has 0 amide bonds. The first-order valence-electron chi connectivity index (χ1n) is 5.63. The lowest BCUT2D eigenvalue weighted by Gasteiger charge is -2.06. The van der Waals surface area contributed by atoms with E-state index in [1.54, 1.807) is 20.9 Å². The molecule has 1 aromatic heterocycles. The Balaban J connectivity index is 3.00. The Kier molecular flexibility index (Phi) is 5.10. The summed E-state index contributed by atoms with van der Waals surface area (Å²) < 4.78 is 11.2. The molecule has 1 heterocycles. The van der Waals surface area contributed by atoms with Gasteiger partial charge in [-0.25, -0.2) is 4.79 Å². The molecule has 0 atom stereocenters. The molecule has 0 aromatic carbocycles. The Morgan fingerprint density at radius 3 is 2.61 bits per heavy atom. The average Bonchev–Trinajstić information content (AvgIpc) is 2.76. The quantitative estimate of drug-likeness (QED) is 0.189. The summed E-state index contributed by atoms with van der Waals surface area (Å²) >= 11 is 0. The second kappa shape index (κ2) is 6.58. The Morgan fingerprint density at radius 1 is 1.39 bits per heavy atom. The van der Waals surface area contributed by atoms with Crippen LogP contribution in [0.15, 0.2) is 24.1 Å². The lowest BCUT2D eigenvalue weighted by atomic mass is 10.1. The summed E-state index contributed by atoms with van der Waals surface area (Å²) in [6.07, 6.45) is 2.62. The largest absolute Gasteiger partial charge is 0.500 e. The second-order valence-electron chi connectivity index (χ2n) is 3.38. The molecule has 18 heavy (non-hydrogen) atoms. The minimum atomic E-state index is -0.697. The standard InChI is InChI=1S/C12H16N2O4/c1-4-17-8-9(12(16)18-5-2)11(15)10-6-7-13-14(10)3/h6-8H,4-5H2,1-3H3/b9-8-. The van der Waals surface area contributed by atoms with Gasteiger partial charge in [-0.2, -0.15) is 5.10 Å². The van der Waals surface area contributed by atoms with E-state index in [1.165, 1.54) is 16.9 Å². The second-order valence-corrected chi connectivity index (χ2v) is 3.38. The van der Waals surface area contributed by atoms with E-state index < -0.39 is 11.8 Å². The third kappa shape index (κ3) is 3.19. The molecule has 6 heteroatoms. The normalized spacial score (nSPS) is 11.2. The molecule has 0 spiro atoms. The summed E-state index contributed by atoms with van der Waals surface area (Å²) in [5, 5.41) is 3.88. The maximum absolute atomic E-state index is 12.1. The maximum atomic E-state index is 12.1. The van der Waals surface area contributed by atoms with Crippen molar-refractivity contribution in [2.45, 2.75) is 13.8 Å². The molecule has 0 saturated carbocycles. The van der Waals surface area contributed by atoms with Crippen LogP contribution in [0.25, 0.3) is 0 Å². The smallest absolute Gasteiger partial charge is 0.345 e. The van der Waals surface area contributed by atoms with Crippen molar-refractivity contribution in [1.82, 2.24) is 9.78 Å². The predicted octanol–water partition coefficient (Wildman–Crippen LogP) is 1.09. The Bertz CT molecular complexity index is 462. The van der Waals surface area contributed by atoms with Crippen molar-refractivity contribution in [3.63, 3.8) is 0 Å². The number of carbonyl (C=O) groups excluding carboxylic acids is 2. The van der Waals surface area contributed by atoms with Crippen molar-refractivity contribution in [1.29, 1.82) is 0 Å². The van der Waals surface area contributed by atoms with E-state index in [4.69, 9.17) is 9.47 Å². The van der Waals surface area contributed by atoms with E-state index in [9.17, 15) is 9.59 Å². The number of Topliss-reactive ketones (excluding diaryl/α,β-unsaturated/α-hetero) is 1. The number of ether oxygens (including phenoxy) is 2. The van der Waals surface area contributed by atoms with E-state index in [0.29, 0.717) is 12.3 Å². The first kappa shape index (κ1) is 14.0. The number of hydrogen-bond acceptors (Lipinski definition) is 5. The third-order valence-electron chi connectivity index (χ3n) is 2.16. The first-order valence-corrected chi connectivity index (χ1v) is 5.63. The van der Waals surface area contributed by atoms with Crippen molar-refractivity contribution in [3.8, 4) is 0 Å². The highest BCUT2D eigenvalue weighted by Gasteiger charge is 2.23. The van der Waals surface area contributed by atoms with E-state index >= 15 is 0 Å². The number of carbonyl (C=O) groups is 2. The summed E-state index contributed by atoms with van der Waals surface area (Å²) in [5.74, 6) is -1.17. The number of aromatic nitrogens is 2. The molecule has 0 saturated heterocycles. The van der Waals surface area contributed by atoms with Crippen LogP contribution >= 0.6 is 0 Å². The molecule has 0 bridgehead atoms. The minimum absolute atomic E-state index is 0.137. The average molecular weight is 252 g/mol. The number of esters is 1. The van der Waals surface area contributed by atoms with E-state index in [2.05, 4.69) is 5.10 Å². The number of ketones is 1. The zero-order valence-electron chi connectivity index (χ0n) is 10.7. The molecule has 0 N–H and O–H groups in total. The highest BCUT2D eigenvalue weighted by Crippen LogP contribution is 2.09. The van der Waals surface area contributed by atoms with Gasteiger partial charge in [0.2, 0.25) is 5.78 Å². The lowest BCUT2D eigenvalue weighted by molar-refractivity contribution is -0.138. The predicted molar refractivity (Wildman–Crippen MR) is 63.9 cm³/mol. The van der Waals surface area contributed by atoms with Gasteiger partial charge in [0.05, 0.1) is 13.2 Å². The molecule has 0 aliphatic rings. The number of rotatable bonds is 6. The highest BCUT2D eigenvalue weighted by atomic mass is 16.5. The first-order chi connectivity index (χ1) is 8.61.